The highest BCUT2D eigenvalue weighted by atomic mass is 16.4. The Labute approximate surface area is 115 Å². The van der Waals surface area contributed by atoms with Crippen molar-refractivity contribution < 1.29 is 14.7 Å². The molecule has 2 N–H and O–H groups in total. The number of nitrogens with one attached hydrogen (secondary N) is 1. The fraction of sp³-hybridized carbons (Fsp3) is 0.867. The van der Waals surface area contributed by atoms with E-state index in [9.17, 15) is 9.59 Å². The van der Waals surface area contributed by atoms with Crippen molar-refractivity contribution >= 4 is 11.9 Å². The number of amides is 1. The summed E-state index contributed by atoms with van der Waals surface area (Å²) in [7, 11) is 0. The summed E-state index contributed by atoms with van der Waals surface area (Å²) in [5, 5.41) is 12.1. The van der Waals surface area contributed by atoms with Crippen molar-refractivity contribution in [3.05, 3.63) is 0 Å². The molecule has 0 aromatic carbocycles. The lowest BCUT2D eigenvalue weighted by molar-refractivity contribution is -0.144. The van der Waals surface area contributed by atoms with E-state index in [0.717, 1.165) is 25.8 Å². The van der Waals surface area contributed by atoms with E-state index in [1.807, 2.05) is 0 Å². The zero-order valence-corrected chi connectivity index (χ0v) is 11.9. The van der Waals surface area contributed by atoms with Gasteiger partial charge < -0.3 is 10.4 Å². The maximum atomic E-state index is 12.2. The van der Waals surface area contributed by atoms with Gasteiger partial charge in [0.25, 0.3) is 0 Å². The molecule has 4 nitrogen and oxygen atoms in total. The smallest absolute Gasteiger partial charge is 0.306 e. The van der Waals surface area contributed by atoms with Crippen molar-refractivity contribution in [2.24, 2.45) is 23.2 Å². The lowest BCUT2D eigenvalue weighted by atomic mass is 9.81. The molecular weight excluding hydrogens is 242 g/mol. The first-order valence-corrected chi connectivity index (χ1v) is 7.45. The van der Waals surface area contributed by atoms with Crippen LogP contribution in [0.25, 0.3) is 0 Å². The standard InChI is InChI=1S/C15H25NO3/c1-10(2)15(6-7-15)9-16-13(17)11-4-3-5-12(8-11)14(18)19/h10-12H,3-9H2,1-2H3,(H,16,17)(H,18,19). The highest BCUT2D eigenvalue weighted by molar-refractivity contribution is 5.80. The van der Waals surface area contributed by atoms with Crippen LogP contribution in [0.5, 0.6) is 0 Å². The highest BCUT2D eigenvalue weighted by Gasteiger charge is 2.45. The molecule has 0 aromatic rings. The predicted octanol–water partition coefficient (Wildman–Crippen LogP) is 2.43. The first-order chi connectivity index (χ1) is 8.94. The van der Waals surface area contributed by atoms with Crippen LogP contribution in [0.15, 0.2) is 0 Å². The van der Waals surface area contributed by atoms with E-state index in [2.05, 4.69) is 19.2 Å². The molecule has 108 valence electrons. The monoisotopic (exact) mass is 267 g/mol. The maximum absolute atomic E-state index is 12.2. The molecule has 2 rings (SSSR count). The fourth-order valence-corrected chi connectivity index (χ4v) is 3.18. The van der Waals surface area contributed by atoms with E-state index in [1.165, 1.54) is 12.8 Å². The summed E-state index contributed by atoms with van der Waals surface area (Å²) in [6.45, 7) is 5.18. The van der Waals surface area contributed by atoms with Crippen molar-refractivity contribution in [1.82, 2.24) is 5.32 Å². The van der Waals surface area contributed by atoms with Gasteiger partial charge in [0.1, 0.15) is 0 Å². The van der Waals surface area contributed by atoms with Gasteiger partial charge in [-0.2, -0.15) is 0 Å². The topological polar surface area (TPSA) is 66.4 Å². The number of carbonyl (C=O) groups excluding carboxylic acids is 1. The fourth-order valence-electron chi connectivity index (χ4n) is 3.18. The molecule has 2 fully saturated rings. The summed E-state index contributed by atoms with van der Waals surface area (Å²) >= 11 is 0. The number of carboxylic acid groups (broad SMARTS) is 1. The van der Waals surface area contributed by atoms with E-state index < -0.39 is 5.97 Å². The van der Waals surface area contributed by atoms with Crippen LogP contribution in [0.4, 0.5) is 0 Å². The van der Waals surface area contributed by atoms with Crippen LogP contribution in [0.3, 0.4) is 0 Å². The summed E-state index contributed by atoms with van der Waals surface area (Å²) in [6.07, 6.45) is 5.32. The third-order valence-corrected chi connectivity index (χ3v) is 5.13. The number of carboxylic acids is 1. The summed E-state index contributed by atoms with van der Waals surface area (Å²) < 4.78 is 0. The van der Waals surface area contributed by atoms with Gasteiger partial charge in [-0.25, -0.2) is 0 Å². The Kier molecular flexibility index (Phi) is 4.16. The minimum atomic E-state index is -0.752. The predicted molar refractivity (Wildman–Crippen MR) is 72.6 cm³/mol. The SMILES string of the molecule is CC(C)C1(CNC(=O)C2CCCC(C(=O)O)C2)CC1. The third-order valence-electron chi connectivity index (χ3n) is 5.13. The molecule has 2 unspecified atom stereocenters. The molecule has 4 heteroatoms. The largest absolute Gasteiger partial charge is 0.481 e. The average Bonchev–Trinajstić information content (AvgIpc) is 3.17. The number of hydrogen-bond donors (Lipinski definition) is 2. The first-order valence-electron chi connectivity index (χ1n) is 7.45. The van der Waals surface area contributed by atoms with E-state index in [0.29, 0.717) is 17.8 Å². The molecule has 19 heavy (non-hydrogen) atoms. The van der Waals surface area contributed by atoms with Gasteiger partial charge in [0.15, 0.2) is 0 Å². The van der Waals surface area contributed by atoms with E-state index in [-0.39, 0.29) is 17.7 Å². The number of rotatable bonds is 5. The van der Waals surface area contributed by atoms with Crippen LogP contribution in [0, 0.1) is 23.2 Å². The Morgan fingerprint density at radius 1 is 1.26 bits per heavy atom. The molecule has 0 heterocycles. The van der Waals surface area contributed by atoms with Crippen LogP contribution >= 0.6 is 0 Å². The Morgan fingerprint density at radius 2 is 1.89 bits per heavy atom. The van der Waals surface area contributed by atoms with Crippen LogP contribution in [0.1, 0.15) is 52.4 Å². The molecule has 0 aliphatic heterocycles. The summed E-state index contributed by atoms with van der Waals surface area (Å²) in [4.78, 5) is 23.2. The van der Waals surface area contributed by atoms with Gasteiger partial charge in [-0.15, -0.1) is 0 Å². The Morgan fingerprint density at radius 3 is 2.42 bits per heavy atom. The van der Waals surface area contributed by atoms with E-state index in [4.69, 9.17) is 5.11 Å². The van der Waals surface area contributed by atoms with Crippen molar-refractivity contribution in [1.29, 1.82) is 0 Å². The molecule has 0 saturated heterocycles. The first kappa shape index (κ1) is 14.4. The van der Waals surface area contributed by atoms with Crippen molar-refractivity contribution in [2.45, 2.75) is 52.4 Å². The summed E-state index contributed by atoms with van der Waals surface area (Å²) in [6, 6.07) is 0. The number of carbonyl (C=O) groups is 2. The second-order valence-electron chi connectivity index (χ2n) is 6.63. The van der Waals surface area contributed by atoms with Gasteiger partial charge in [0.05, 0.1) is 5.92 Å². The second kappa shape index (κ2) is 5.51. The minimum absolute atomic E-state index is 0.0675. The Hall–Kier alpha value is -1.06. The molecular formula is C15H25NO3. The molecule has 2 atom stereocenters. The van der Waals surface area contributed by atoms with Gasteiger partial charge in [-0.1, -0.05) is 20.3 Å². The average molecular weight is 267 g/mol. The molecule has 1 amide bonds. The lowest BCUT2D eigenvalue weighted by Gasteiger charge is -2.27. The normalized spacial score (nSPS) is 29.0. The van der Waals surface area contributed by atoms with Crippen molar-refractivity contribution in [3.8, 4) is 0 Å². The highest BCUT2D eigenvalue weighted by Crippen LogP contribution is 2.51. The van der Waals surface area contributed by atoms with E-state index >= 15 is 0 Å². The summed E-state index contributed by atoms with van der Waals surface area (Å²) in [5.41, 5.74) is 0.316. The number of aliphatic carboxylic acids is 1. The molecule has 0 bridgehead atoms. The van der Waals surface area contributed by atoms with Gasteiger partial charge in [-0.3, -0.25) is 9.59 Å². The Bertz CT molecular complexity index is 360. The molecule has 2 saturated carbocycles. The Balaban J connectivity index is 1.81. The van der Waals surface area contributed by atoms with Crippen LogP contribution in [-0.2, 0) is 9.59 Å². The maximum Gasteiger partial charge on any atom is 0.306 e. The van der Waals surface area contributed by atoms with Crippen LogP contribution in [-0.4, -0.2) is 23.5 Å². The van der Waals surface area contributed by atoms with Gasteiger partial charge in [0, 0.05) is 12.5 Å². The quantitative estimate of drug-likeness (QED) is 0.804. The molecule has 0 spiro atoms. The molecule has 2 aliphatic carbocycles. The van der Waals surface area contributed by atoms with Crippen molar-refractivity contribution in [2.75, 3.05) is 6.54 Å². The van der Waals surface area contributed by atoms with Gasteiger partial charge >= 0.3 is 5.97 Å². The zero-order valence-electron chi connectivity index (χ0n) is 11.9. The summed E-state index contributed by atoms with van der Waals surface area (Å²) in [5.74, 6) is -0.510. The zero-order chi connectivity index (χ0) is 14.0. The molecule has 0 aromatic heterocycles. The van der Waals surface area contributed by atoms with Crippen LogP contribution < -0.4 is 5.32 Å². The van der Waals surface area contributed by atoms with Crippen LogP contribution in [0.2, 0.25) is 0 Å². The second-order valence-corrected chi connectivity index (χ2v) is 6.63. The number of hydrogen-bond acceptors (Lipinski definition) is 2. The molecule has 2 aliphatic rings. The van der Waals surface area contributed by atoms with E-state index in [1.54, 1.807) is 0 Å². The molecule has 0 radical (unpaired) electrons. The van der Waals surface area contributed by atoms with Gasteiger partial charge in [0.2, 0.25) is 5.91 Å². The van der Waals surface area contributed by atoms with Gasteiger partial charge in [-0.05, 0) is 43.4 Å². The minimum Gasteiger partial charge on any atom is -0.481 e. The lowest BCUT2D eigenvalue weighted by Crippen LogP contribution is -2.39. The van der Waals surface area contributed by atoms with Crippen molar-refractivity contribution in [3.63, 3.8) is 0 Å². The third kappa shape index (κ3) is 3.28.